The van der Waals surface area contributed by atoms with Crippen LogP contribution < -0.4 is 11.1 Å². The van der Waals surface area contributed by atoms with Crippen LogP contribution in [0.2, 0.25) is 5.02 Å². The lowest BCUT2D eigenvalue weighted by Crippen LogP contribution is -2.24. The number of hydrogen-bond acceptors (Lipinski definition) is 5. The van der Waals surface area contributed by atoms with E-state index >= 15 is 0 Å². The van der Waals surface area contributed by atoms with Crippen LogP contribution in [0.1, 0.15) is 34.2 Å². The van der Waals surface area contributed by atoms with Crippen molar-refractivity contribution in [2.75, 3.05) is 11.9 Å². The summed E-state index contributed by atoms with van der Waals surface area (Å²) in [6.07, 6.45) is 2.20. The van der Waals surface area contributed by atoms with Crippen LogP contribution in [-0.2, 0) is 4.74 Å². The minimum atomic E-state index is -0.454. The Labute approximate surface area is 165 Å². The second-order valence-electron chi connectivity index (χ2n) is 6.43. The van der Waals surface area contributed by atoms with Gasteiger partial charge in [-0.3, -0.25) is 4.79 Å². The molecule has 1 atom stereocenters. The van der Waals surface area contributed by atoms with Crippen LogP contribution in [0.5, 0.6) is 0 Å². The lowest BCUT2D eigenvalue weighted by atomic mass is 10.0. The summed E-state index contributed by atoms with van der Waals surface area (Å²) in [6, 6.07) is 7.36. The smallest absolute Gasteiger partial charge is 0.282 e. The Bertz CT molecular complexity index is 1110. The average molecular weight is 402 g/mol. The summed E-state index contributed by atoms with van der Waals surface area (Å²) in [5.74, 6) is -0.815. The zero-order chi connectivity index (χ0) is 19.8. The standard InChI is InChI=1S/C19H17ClFN5O2/c1-10-17(25-16-5-2-11(20)9-26(10)16)18(27)23-12-3-4-14(21)13(8-12)15-6-7-28-19(22)24-15/h2-5,8-9,15H,6-7H2,1H3,(H2,22,24)(H,23,27). The van der Waals surface area contributed by atoms with Crippen LogP contribution >= 0.6 is 11.6 Å². The summed E-state index contributed by atoms with van der Waals surface area (Å²) in [5, 5.41) is 3.31. The van der Waals surface area contributed by atoms with Crippen LogP contribution in [0.15, 0.2) is 41.5 Å². The number of nitrogens with one attached hydrogen (secondary N) is 1. The lowest BCUT2D eigenvalue weighted by Gasteiger charge is -2.20. The van der Waals surface area contributed by atoms with Gasteiger partial charge in [0, 0.05) is 23.9 Å². The number of halogens is 2. The van der Waals surface area contributed by atoms with E-state index in [1.54, 1.807) is 35.7 Å². The number of nitrogens with two attached hydrogens (primary N) is 1. The molecule has 144 valence electrons. The van der Waals surface area contributed by atoms with Gasteiger partial charge in [0.2, 0.25) is 0 Å². The van der Waals surface area contributed by atoms with Crippen molar-refractivity contribution in [2.45, 2.75) is 19.4 Å². The SMILES string of the molecule is Cc1c(C(=O)Nc2ccc(F)c(C3CCOC(N)=N3)c2)nc2ccc(Cl)cn12. The number of aryl methyl sites for hydroxylation is 1. The molecule has 3 heterocycles. The van der Waals surface area contributed by atoms with Crippen LogP contribution in [0.25, 0.3) is 5.65 Å². The molecule has 0 fully saturated rings. The number of imidazole rings is 1. The highest BCUT2D eigenvalue weighted by Crippen LogP contribution is 2.29. The van der Waals surface area contributed by atoms with E-state index in [4.69, 9.17) is 22.1 Å². The summed E-state index contributed by atoms with van der Waals surface area (Å²) >= 11 is 6.01. The van der Waals surface area contributed by atoms with Gasteiger partial charge in [-0.05, 0) is 37.3 Å². The highest BCUT2D eigenvalue weighted by atomic mass is 35.5. The molecule has 0 radical (unpaired) electrons. The Hall–Kier alpha value is -3.13. The molecule has 3 N–H and O–H groups in total. The molecular formula is C19H17ClFN5O2. The van der Waals surface area contributed by atoms with E-state index in [-0.39, 0.29) is 11.7 Å². The van der Waals surface area contributed by atoms with Gasteiger partial charge in [0.25, 0.3) is 11.9 Å². The summed E-state index contributed by atoms with van der Waals surface area (Å²) < 4.78 is 21.1. The number of nitrogens with zero attached hydrogens (tertiary/aromatic N) is 3. The van der Waals surface area contributed by atoms with Crippen molar-refractivity contribution in [3.8, 4) is 0 Å². The molecule has 0 bridgehead atoms. The van der Waals surface area contributed by atoms with E-state index in [1.807, 2.05) is 0 Å². The van der Waals surface area contributed by atoms with Gasteiger partial charge in [-0.25, -0.2) is 14.4 Å². The van der Waals surface area contributed by atoms with Gasteiger partial charge in [0.05, 0.1) is 23.4 Å². The van der Waals surface area contributed by atoms with E-state index in [0.29, 0.717) is 40.6 Å². The van der Waals surface area contributed by atoms with Crippen molar-refractivity contribution < 1.29 is 13.9 Å². The number of carbonyl (C=O) groups is 1. The second-order valence-corrected chi connectivity index (χ2v) is 6.87. The first kappa shape index (κ1) is 18.2. The van der Waals surface area contributed by atoms with Crippen LogP contribution in [0.3, 0.4) is 0 Å². The van der Waals surface area contributed by atoms with E-state index < -0.39 is 17.8 Å². The number of aromatic nitrogens is 2. The highest BCUT2D eigenvalue weighted by molar-refractivity contribution is 6.30. The zero-order valence-electron chi connectivity index (χ0n) is 14.9. The van der Waals surface area contributed by atoms with Gasteiger partial charge < -0.3 is 20.2 Å². The molecule has 9 heteroatoms. The number of pyridine rings is 1. The Morgan fingerprint density at radius 1 is 1.39 bits per heavy atom. The maximum Gasteiger partial charge on any atom is 0.282 e. The molecule has 0 spiro atoms. The quantitative estimate of drug-likeness (QED) is 0.702. The van der Waals surface area contributed by atoms with Crippen molar-refractivity contribution in [3.05, 3.63) is 64.3 Å². The predicted molar refractivity (Wildman–Crippen MR) is 104 cm³/mol. The third-order valence-electron chi connectivity index (χ3n) is 4.57. The molecule has 1 aromatic carbocycles. The molecule has 0 saturated carbocycles. The number of benzene rings is 1. The van der Waals surface area contributed by atoms with Crippen molar-refractivity contribution in [2.24, 2.45) is 10.7 Å². The number of amidine groups is 1. The minimum Gasteiger partial charge on any atom is -0.465 e. The van der Waals surface area contributed by atoms with Crippen molar-refractivity contribution in [1.82, 2.24) is 9.38 Å². The van der Waals surface area contributed by atoms with Crippen molar-refractivity contribution in [1.29, 1.82) is 0 Å². The number of aliphatic imine (C=N–C) groups is 1. The molecule has 0 aliphatic carbocycles. The number of fused-ring (bicyclic) bond motifs is 1. The third kappa shape index (κ3) is 3.38. The van der Waals surface area contributed by atoms with Gasteiger partial charge in [-0.15, -0.1) is 0 Å². The number of carbonyl (C=O) groups excluding carboxylic acids is 1. The predicted octanol–water partition coefficient (Wildman–Crippen LogP) is 3.46. The van der Waals surface area contributed by atoms with Crippen LogP contribution in [-0.4, -0.2) is 27.9 Å². The number of ether oxygens (including phenoxy) is 1. The highest BCUT2D eigenvalue weighted by Gasteiger charge is 2.21. The maximum absolute atomic E-state index is 14.3. The van der Waals surface area contributed by atoms with Crippen LogP contribution in [0, 0.1) is 12.7 Å². The molecule has 1 aliphatic rings. The van der Waals surface area contributed by atoms with Gasteiger partial charge in [0.15, 0.2) is 0 Å². The Morgan fingerprint density at radius 2 is 2.21 bits per heavy atom. The summed E-state index contributed by atoms with van der Waals surface area (Å²) in [7, 11) is 0. The normalized spacial score (nSPS) is 16.5. The number of anilines is 1. The monoisotopic (exact) mass is 401 g/mol. The Kier molecular flexibility index (Phi) is 4.64. The summed E-state index contributed by atoms with van der Waals surface area (Å²) in [4.78, 5) is 21.2. The van der Waals surface area contributed by atoms with E-state index in [2.05, 4.69) is 15.3 Å². The molecule has 3 aromatic rings. The molecule has 28 heavy (non-hydrogen) atoms. The van der Waals surface area contributed by atoms with E-state index in [0.717, 1.165) is 0 Å². The average Bonchev–Trinajstić information content (AvgIpc) is 2.99. The Morgan fingerprint density at radius 3 is 3.00 bits per heavy atom. The first-order valence-electron chi connectivity index (χ1n) is 8.63. The first-order valence-corrected chi connectivity index (χ1v) is 9.01. The first-order chi connectivity index (χ1) is 13.4. The molecular weight excluding hydrogens is 385 g/mol. The van der Waals surface area contributed by atoms with Crippen molar-refractivity contribution >= 4 is 34.9 Å². The number of amides is 1. The zero-order valence-corrected chi connectivity index (χ0v) is 15.7. The topological polar surface area (TPSA) is 94.0 Å². The molecule has 0 saturated heterocycles. The van der Waals surface area contributed by atoms with Crippen molar-refractivity contribution in [3.63, 3.8) is 0 Å². The second kappa shape index (κ2) is 7.12. The van der Waals surface area contributed by atoms with Gasteiger partial charge in [-0.2, -0.15) is 0 Å². The molecule has 4 rings (SSSR count). The molecule has 1 aliphatic heterocycles. The van der Waals surface area contributed by atoms with Crippen LogP contribution in [0.4, 0.5) is 10.1 Å². The van der Waals surface area contributed by atoms with Gasteiger partial charge in [-0.1, -0.05) is 11.6 Å². The lowest BCUT2D eigenvalue weighted by molar-refractivity contribution is 0.102. The Balaban J connectivity index is 1.63. The number of rotatable bonds is 3. The fraction of sp³-hybridized carbons (Fsp3) is 0.211. The van der Waals surface area contributed by atoms with E-state index in [1.165, 1.54) is 12.1 Å². The summed E-state index contributed by atoms with van der Waals surface area (Å²) in [5.41, 5.74) is 7.90. The van der Waals surface area contributed by atoms with E-state index in [9.17, 15) is 9.18 Å². The summed E-state index contributed by atoms with van der Waals surface area (Å²) in [6.45, 7) is 2.14. The molecule has 1 amide bonds. The molecule has 1 unspecified atom stereocenters. The maximum atomic E-state index is 14.3. The fourth-order valence-corrected chi connectivity index (χ4v) is 3.33. The molecule has 2 aromatic heterocycles. The number of hydrogen-bond donors (Lipinski definition) is 2. The van der Waals surface area contributed by atoms with Gasteiger partial charge >= 0.3 is 0 Å². The minimum absolute atomic E-state index is 0.0316. The molecule has 7 nitrogen and oxygen atoms in total. The fourth-order valence-electron chi connectivity index (χ4n) is 3.17. The third-order valence-corrected chi connectivity index (χ3v) is 4.80. The van der Waals surface area contributed by atoms with Gasteiger partial charge in [0.1, 0.15) is 17.2 Å². The largest absolute Gasteiger partial charge is 0.465 e.